The van der Waals surface area contributed by atoms with Gasteiger partial charge in [0.2, 0.25) is 0 Å². The SMILES string of the molecule is NC(=NCCN1CCSCC1)N1CCSCC1. The van der Waals surface area contributed by atoms with Gasteiger partial charge in [0.1, 0.15) is 0 Å². The molecule has 2 rings (SSSR count). The van der Waals surface area contributed by atoms with Gasteiger partial charge in [0.15, 0.2) is 5.96 Å². The first-order valence-electron chi connectivity index (χ1n) is 6.29. The first kappa shape index (κ1) is 13.4. The van der Waals surface area contributed by atoms with Crippen molar-refractivity contribution in [3.63, 3.8) is 0 Å². The van der Waals surface area contributed by atoms with Gasteiger partial charge in [-0.3, -0.25) is 9.89 Å². The van der Waals surface area contributed by atoms with Crippen molar-refractivity contribution >= 4 is 29.5 Å². The lowest BCUT2D eigenvalue weighted by Crippen LogP contribution is -2.43. The van der Waals surface area contributed by atoms with Gasteiger partial charge in [-0.2, -0.15) is 23.5 Å². The summed E-state index contributed by atoms with van der Waals surface area (Å²) in [5, 5.41) is 0. The van der Waals surface area contributed by atoms with Crippen LogP contribution in [0.4, 0.5) is 0 Å². The van der Waals surface area contributed by atoms with Crippen LogP contribution in [0.15, 0.2) is 4.99 Å². The van der Waals surface area contributed by atoms with E-state index in [-0.39, 0.29) is 0 Å². The van der Waals surface area contributed by atoms with Crippen molar-refractivity contribution in [2.45, 2.75) is 0 Å². The Morgan fingerprint density at radius 1 is 1.00 bits per heavy atom. The van der Waals surface area contributed by atoms with Crippen LogP contribution in [0, 0.1) is 0 Å². The molecular weight excluding hydrogens is 252 g/mol. The van der Waals surface area contributed by atoms with Gasteiger partial charge in [0.05, 0.1) is 6.54 Å². The van der Waals surface area contributed by atoms with Gasteiger partial charge in [-0.05, 0) is 0 Å². The maximum Gasteiger partial charge on any atom is 0.191 e. The smallest absolute Gasteiger partial charge is 0.191 e. The molecule has 98 valence electrons. The first-order chi connectivity index (χ1) is 8.36. The van der Waals surface area contributed by atoms with Crippen molar-refractivity contribution < 1.29 is 0 Å². The molecule has 0 atom stereocenters. The van der Waals surface area contributed by atoms with E-state index >= 15 is 0 Å². The maximum absolute atomic E-state index is 6.01. The standard InChI is InChI=1S/C11H22N4S2/c12-11(15-5-9-17-10-6-15)13-1-2-14-3-7-16-8-4-14/h1-10H2,(H2,12,13). The molecule has 0 radical (unpaired) electrons. The van der Waals surface area contributed by atoms with E-state index in [1.807, 2.05) is 23.5 Å². The number of hydrogen-bond donors (Lipinski definition) is 1. The third-order valence-corrected chi connectivity index (χ3v) is 5.01. The van der Waals surface area contributed by atoms with Crippen LogP contribution in [0.25, 0.3) is 0 Å². The molecule has 0 amide bonds. The highest BCUT2D eigenvalue weighted by atomic mass is 32.2. The van der Waals surface area contributed by atoms with Gasteiger partial charge >= 0.3 is 0 Å². The molecular formula is C11H22N4S2. The molecule has 0 unspecified atom stereocenters. The number of nitrogens with zero attached hydrogens (tertiary/aromatic N) is 3. The largest absolute Gasteiger partial charge is 0.370 e. The number of thioether (sulfide) groups is 2. The van der Waals surface area contributed by atoms with E-state index in [2.05, 4.69) is 14.8 Å². The Kier molecular flexibility index (Phi) is 5.80. The molecule has 2 fully saturated rings. The summed E-state index contributed by atoms with van der Waals surface area (Å²) in [4.78, 5) is 9.20. The van der Waals surface area contributed by atoms with Gasteiger partial charge in [-0.25, -0.2) is 0 Å². The topological polar surface area (TPSA) is 44.9 Å². The fourth-order valence-corrected chi connectivity index (χ4v) is 3.91. The van der Waals surface area contributed by atoms with Crippen LogP contribution in [0.3, 0.4) is 0 Å². The van der Waals surface area contributed by atoms with Gasteiger partial charge < -0.3 is 10.6 Å². The predicted octanol–water partition coefficient (Wildman–Crippen LogP) is 0.399. The van der Waals surface area contributed by atoms with E-state index in [4.69, 9.17) is 5.73 Å². The number of aliphatic imine (C=N–C) groups is 1. The van der Waals surface area contributed by atoms with Crippen LogP contribution in [0.2, 0.25) is 0 Å². The summed E-state index contributed by atoms with van der Waals surface area (Å²) >= 11 is 4.05. The summed E-state index contributed by atoms with van der Waals surface area (Å²) < 4.78 is 0. The molecule has 4 nitrogen and oxygen atoms in total. The highest BCUT2D eigenvalue weighted by Gasteiger charge is 2.12. The Morgan fingerprint density at radius 3 is 2.24 bits per heavy atom. The second kappa shape index (κ2) is 7.38. The predicted molar refractivity (Wildman–Crippen MR) is 79.2 cm³/mol. The minimum absolute atomic E-state index is 0.747. The summed E-state index contributed by atoms with van der Waals surface area (Å²) in [6.45, 7) is 6.44. The molecule has 2 N–H and O–H groups in total. The van der Waals surface area contributed by atoms with Gasteiger partial charge in [0.25, 0.3) is 0 Å². The highest BCUT2D eigenvalue weighted by molar-refractivity contribution is 7.99. The molecule has 0 saturated carbocycles. The summed E-state index contributed by atoms with van der Waals surface area (Å²) in [5.74, 6) is 5.64. The van der Waals surface area contributed by atoms with Crippen LogP contribution in [-0.2, 0) is 0 Å². The van der Waals surface area contributed by atoms with Crippen molar-refractivity contribution in [1.82, 2.24) is 9.80 Å². The lowest BCUT2D eigenvalue weighted by atomic mass is 10.4. The Balaban J connectivity index is 1.67. The number of rotatable bonds is 3. The third-order valence-electron chi connectivity index (χ3n) is 3.13. The molecule has 0 aromatic rings. The fraction of sp³-hybridized carbons (Fsp3) is 0.909. The Labute approximate surface area is 112 Å². The zero-order valence-corrected chi connectivity index (χ0v) is 11.9. The van der Waals surface area contributed by atoms with Gasteiger partial charge in [0, 0.05) is 55.7 Å². The van der Waals surface area contributed by atoms with E-state index in [9.17, 15) is 0 Å². The normalized spacial score (nSPS) is 24.0. The number of hydrogen-bond acceptors (Lipinski definition) is 4. The summed E-state index contributed by atoms with van der Waals surface area (Å²) in [7, 11) is 0. The monoisotopic (exact) mass is 274 g/mol. The first-order valence-corrected chi connectivity index (χ1v) is 8.60. The third kappa shape index (κ3) is 4.60. The van der Waals surface area contributed by atoms with E-state index in [0.29, 0.717) is 0 Å². The van der Waals surface area contributed by atoms with Crippen LogP contribution in [-0.4, -0.2) is 78.0 Å². The van der Waals surface area contributed by atoms with Crippen LogP contribution in [0.5, 0.6) is 0 Å². The van der Waals surface area contributed by atoms with Gasteiger partial charge in [-0.1, -0.05) is 0 Å². The Hall–Kier alpha value is -0.0700. The molecule has 0 aromatic carbocycles. The molecule has 2 aliphatic rings. The molecule has 2 aliphatic heterocycles. The molecule has 6 heteroatoms. The van der Waals surface area contributed by atoms with Gasteiger partial charge in [-0.15, -0.1) is 0 Å². The maximum atomic E-state index is 6.01. The molecule has 0 aliphatic carbocycles. The lowest BCUT2D eigenvalue weighted by molar-refractivity contribution is 0.311. The second-order valence-electron chi connectivity index (χ2n) is 4.29. The molecule has 0 spiro atoms. The number of guanidine groups is 1. The van der Waals surface area contributed by atoms with Crippen molar-refractivity contribution in [3.05, 3.63) is 0 Å². The van der Waals surface area contributed by atoms with Crippen molar-refractivity contribution in [1.29, 1.82) is 0 Å². The Morgan fingerprint density at radius 2 is 1.59 bits per heavy atom. The fourth-order valence-electron chi connectivity index (χ4n) is 2.02. The van der Waals surface area contributed by atoms with Crippen molar-refractivity contribution in [2.75, 3.05) is 62.3 Å². The molecule has 2 heterocycles. The van der Waals surface area contributed by atoms with Crippen molar-refractivity contribution in [2.24, 2.45) is 10.7 Å². The van der Waals surface area contributed by atoms with E-state index in [0.717, 1.165) is 32.1 Å². The minimum atomic E-state index is 0.747. The second-order valence-corrected chi connectivity index (χ2v) is 6.74. The van der Waals surface area contributed by atoms with Crippen molar-refractivity contribution in [3.8, 4) is 0 Å². The zero-order chi connectivity index (χ0) is 11.9. The minimum Gasteiger partial charge on any atom is -0.370 e. The van der Waals surface area contributed by atoms with E-state index < -0.39 is 0 Å². The molecule has 17 heavy (non-hydrogen) atoms. The molecule has 2 saturated heterocycles. The summed E-state index contributed by atoms with van der Waals surface area (Å²) in [6.07, 6.45) is 0. The quantitative estimate of drug-likeness (QED) is 0.596. The highest BCUT2D eigenvalue weighted by Crippen LogP contribution is 2.09. The van der Waals surface area contributed by atoms with E-state index in [1.54, 1.807) is 0 Å². The van der Waals surface area contributed by atoms with Crippen LogP contribution >= 0.6 is 23.5 Å². The summed E-state index contributed by atoms with van der Waals surface area (Å²) in [6, 6.07) is 0. The average Bonchev–Trinajstić information content (AvgIpc) is 2.41. The lowest BCUT2D eigenvalue weighted by Gasteiger charge is -2.28. The van der Waals surface area contributed by atoms with E-state index in [1.165, 1.54) is 36.1 Å². The Bertz CT molecular complexity index is 248. The summed E-state index contributed by atoms with van der Waals surface area (Å²) in [5.41, 5.74) is 6.01. The average molecular weight is 274 g/mol. The number of nitrogens with two attached hydrogens (primary N) is 1. The zero-order valence-electron chi connectivity index (χ0n) is 10.3. The molecule has 0 aromatic heterocycles. The van der Waals surface area contributed by atoms with Crippen LogP contribution < -0.4 is 5.73 Å². The van der Waals surface area contributed by atoms with Crippen LogP contribution in [0.1, 0.15) is 0 Å². The molecule has 0 bridgehead atoms.